The number of hydrogen-bond acceptors (Lipinski definition) is 8. The molecule has 234 valence electrons. The summed E-state index contributed by atoms with van der Waals surface area (Å²) in [7, 11) is 1.54. The molecule has 0 unspecified atom stereocenters. The van der Waals surface area contributed by atoms with Crippen LogP contribution in [0.1, 0.15) is 34.6 Å². The van der Waals surface area contributed by atoms with Gasteiger partial charge in [-0.1, -0.05) is 41.6 Å². The molecule has 0 bridgehead atoms. The lowest BCUT2D eigenvalue weighted by Gasteiger charge is -2.27. The van der Waals surface area contributed by atoms with Crippen LogP contribution in [0.3, 0.4) is 0 Å². The molecule has 1 aliphatic heterocycles. The summed E-state index contributed by atoms with van der Waals surface area (Å²) in [6.07, 6.45) is 1.59. The molecule has 0 spiro atoms. The summed E-state index contributed by atoms with van der Waals surface area (Å²) in [5, 5.41) is 8.01. The number of morpholine rings is 1. The van der Waals surface area contributed by atoms with Gasteiger partial charge in [-0.15, -0.1) is 11.3 Å². The molecule has 1 fully saturated rings. The van der Waals surface area contributed by atoms with Crippen molar-refractivity contribution in [1.82, 2.24) is 19.2 Å². The molecule has 0 atom stereocenters. The molecule has 3 aromatic heterocycles. The number of ether oxygens (including phenoxy) is 2. The maximum Gasteiger partial charge on any atom is 0.266 e. The molecule has 1 saturated heterocycles. The van der Waals surface area contributed by atoms with Crippen LogP contribution < -0.4 is 10.9 Å². The molecule has 0 aliphatic carbocycles. The number of amides is 1. The predicted octanol–water partition coefficient (Wildman–Crippen LogP) is 4.61. The predicted molar refractivity (Wildman–Crippen MR) is 175 cm³/mol. The Morgan fingerprint density at radius 2 is 1.87 bits per heavy atom. The highest BCUT2D eigenvalue weighted by molar-refractivity contribution is 7.16. The molecule has 5 rings (SSSR count). The zero-order chi connectivity index (χ0) is 32.0. The van der Waals surface area contributed by atoms with Gasteiger partial charge in [-0.2, -0.15) is 9.78 Å². The SMILES string of the molecule is COCC(C)(C)C(=O)n1nc(-c2cc(C#Cc3ccccc3)c(=O)n(CC(=O)N3CCOCC3)c2)cc1NCc1ccc(Cl)s1. The lowest BCUT2D eigenvalue weighted by Crippen LogP contribution is -2.43. The number of carbonyl (C=O) groups excluding carboxylic acids is 2. The fraction of sp³-hybridized carbons (Fsp3) is 0.333. The van der Waals surface area contributed by atoms with Gasteiger partial charge in [0.15, 0.2) is 0 Å². The van der Waals surface area contributed by atoms with Crippen LogP contribution in [0.2, 0.25) is 4.34 Å². The van der Waals surface area contributed by atoms with Crippen LogP contribution >= 0.6 is 22.9 Å². The molecular formula is C33H34ClN5O5S. The summed E-state index contributed by atoms with van der Waals surface area (Å²) in [4.78, 5) is 43.2. The van der Waals surface area contributed by atoms with E-state index in [4.69, 9.17) is 26.2 Å². The highest BCUT2D eigenvalue weighted by Crippen LogP contribution is 2.28. The maximum atomic E-state index is 13.7. The average molecular weight is 648 g/mol. The Labute approximate surface area is 270 Å². The molecule has 1 aliphatic rings. The smallest absolute Gasteiger partial charge is 0.266 e. The molecule has 10 nitrogen and oxygen atoms in total. The minimum atomic E-state index is -0.879. The summed E-state index contributed by atoms with van der Waals surface area (Å²) in [6, 6.07) is 16.5. The molecule has 4 heterocycles. The molecule has 4 aromatic rings. The normalized spacial score (nSPS) is 13.3. The van der Waals surface area contributed by atoms with E-state index in [1.54, 1.807) is 44.2 Å². The number of methoxy groups -OCH3 is 1. The summed E-state index contributed by atoms with van der Waals surface area (Å²) in [5.41, 5.74) is 0.631. The third kappa shape index (κ3) is 7.90. The van der Waals surface area contributed by atoms with Crippen LogP contribution in [0, 0.1) is 17.3 Å². The van der Waals surface area contributed by atoms with Crippen LogP contribution in [0.4, 0.5) is 5.82 Å². The monoisotopic (exact) mass is 647 g/mol. The van der Waals surface area contributed by atoms with E-state index in [2.05, 4.69) is 17.2 Å². The number of aromatic nitrogens is 3. The first kappa shape index (κ1) is 32.2. The van der Waals surface area contributed by atoms with E-state index in [-0.39, 0.29) is 30.5 Å². The zero-order valence-corrected chi connectivity index (χ0v) is 26.9. The second-order valence-electron chi connectivity index (χ2n) is 11.2. The van der Waals surface area contributed by atoms with Crippen molar-refractivity contribution in [2.45, 2.75) is 26.9 Å². The Kier molecular flexibility index (Phi) is 10.2. The number of pyridine rings is 1. The van der Waals surface area contributed by atoms with Crippen molar-refractivity contribution in [2.24, 2.45) is 5.41 Å². The van der Waals surface area contributed by atoms with E-state index in [0.717, 1.165) is 10.4 Å². The first-order valence-corrected chi connectivity index (χ1v) is 15.6. The minimum Gasteiger partial charge on any atom is -0.384 e. The van der Waals surface area contributed by atoms with Crippen molar-refractivity contribution >= 4 is 40.6 Å². The first-order valence-electron chi connectivity index (χ1n) is 14.4. The van der Waals surface area contributed by atoms with Crippen LogP contribution in [-0.2, 0) is 27.4 Å². The topological polar surface area (TPSA) is 108 Å². The summed E-state index contributed by atoms with van der Waals surface area (Å²) in [6.45, 7) is 5.84. The van der Waals surface area contributed by atoms with Crippen LogP contribution in [0.15, 0.2) is 65.6 Å². The highest BCUT2D eigenvalue weighted by Gasteiger charge is 2.32. The number of carbonyl (C=O) groups is 2. The van der Waals surface area contributed by atoms with Gasteiger partial charge in [0, 0.05) is 48.5 Å². The molecular weight excluding hydrogens is 614 g/mol. The van der Waals surface area contributed by atoms with Gasteiger partial charge >= 0.3 is 0 Å². The summed E-state index contributed by atoms with van der Waals surface area (Å²) < 4.78 is 14.0. The van der Waals surface area contributed by atoms with E-state index < -0.39 is 11.0 Å². The summed E-state index contributed by atoms with van der Waals surface area (Å²) in [5.74, 6) is 6.03. The molecule has 0 saturated carbocycles. The number of halogens is 1. The molecule has 1 aromatic carbocycles. The lowest BCUT2D eigenvalue weighted by atomic mass is 9.94. The zero-order valence-electron chi connectivity index (χ0n) is 25.3. The van der Waals surface area contributed by atoms with Crippen molar-refractivity contribution in [3.8, 4) is 23.1 Å². The quantitative estimate of drug-likeness (QED) is 0.265. The second kappa shape index (κ2) is 14.3. The number of nitrogens with one attached hydrogen (secondary N) is 1. The third-order valence-electron chi connectivity index (χ3n) is 7.22. The van der Waals surface area contributed by atoms with E-state index in [1.165, 1.54) is 20.6 Å². The maximum absolute atomic E-state index is 13.7. The third-order valence-corrected chi connectivity index (χ3v) is 8.46. The van der Waals surface area contributed by atoms with Crippen LogP contribution in [-0.4, -0.2) is 71.1 Å². The van der Waals surface area contributed by atoms with Crippen molar-refractivity contribution in [3.63, 3.8) is 0 Å². The number of benzene rings is 1. The average Bonchev–Trinajstić information content (AvgIpc) is 3.66. The lowest BCUT2D eigenvalue weighted by molar-refractivity contribution is -0.135. The van der Waals surface area contributed by atoms with Crippen LogP contribution in [0.25, 0.3) is 11.3 Å². The van der Waals surface area contributed by atoms with Gasteiger partial charge in [-0.3, -0.25) is 14.4 Å². The van der Waals surface area contributed by atoms with Crippen molar-refractivity contribution in [1.29, 1.82) is 0 Å². The van der Waals surface area contributed by atoms with Gasteiger partial charge < -0.3 is 24.3 Å². The van der Waals surface area contributed by atoms with Gasteiger partial charge in [-0.05, 0) is 44.2 Å². The number of rotatable bonds is 9. The van der Waals surface area contributed by atoms with Gasteiger partial charge in [0.25, 0.3) is 11.5 Å². The van der Waals surface area contributed by atoms with Crippen LogP contribution in [0.5, 0.6) is 0 Å². The Morgan fingerprint density at radius 3 is 2.56 bits per heavy atom. The molecule has 45 heavy (non-hydrogen) atoms. The number of anilines is 1. The Bertz CT molecular complexity index is 1790. The van der Waals surface area contributed by atoms with Gasteiger partial charge in [0.1, 0.15) is 12.4 Å². The number of thiophene rings is 1. The van der Waals surface area contributed by atoms with E-state index in [9.17, 15) is 14.4 Å². The first-order chi connectivity index (χ1) is 21.6. The molecule has 0 radical (unpaired) electrons. The number of hydrogen-bond donors (Lipinski definition) is 1. The van der Waals surface area contributed by atoms with E-state index in [1.807, 2.05) is 42.5 Å². The second-order valence-corrected chi connectivity index (χ2v) is 13.0. The Balaban J connectivity index is 1.57. The van der Waals surface area contributed by atoms with Crippen molar-refractivity contribution in [2.75, 3.05) is 45.3 Å². The largest absolute Gasteiger partial charge is 0.384 e. The molecule has 1 N–H and O–H groups in total. The minimum absolute atomic E-state index is 0.169. The standard InChI is InChI=1S/C33H34ClN5O5S/c1-33(2,22-43-3)32(42)39-29(35-19-26-11-12-28(34)45-26)18-27(36-39)25-17-24(10-9-23-7-5-4-6-8-23)31(41)38(20-25)21-30(40)37-13-15-44-16-14-37/h4-8,11-12,17-18,20,35H,13-16,19,21-22H2,1-3H3. The van der Waals surface area contributed by atoms with E-state index >= 15 is 0 Å². The number of nitrogens with zero attached hydrogens (tertiary/aromatic N) is 4. The van der Waals surface area contributed by atoms with Crippen molar-refractivity contribution < 1.29 is 19.1 Å². The molecule has 1 amide bonds. The van der Waals surface area contributed by atoms with Crippen molar-refractivity contribution in [3.05, 3.63) is 91.5 Å². The Hall–Kier alpha value is -4.21. The summed E-state index contributed by atoms with van der Waals surface area (Å²) >= 11 is 7.56. The highest BCUT2D eigenvalue weighted by atomic mass is 35.5. The van der Waals surface area contributed by atoms with E-state index in [0.29, 0.717) is 54.3 Å². The van der Waals surface area contributed by atoms with Gasteiger partial charge in [-0.25, -0.2) is 0 Å². The van der Waals surface area contributed by atoms with Gasteiger partial charge in [0.2, 0.25) is 5.91 Å². The molecule has 12 heteroatoms. The van der Waals surface area contributed by atoms with Gasteiger partial charge in [0.05, 0.1) is 47.4 Å². The Morgan fingerprint density at radius 1 is 1.11 bits per heavy atom. The fourth-order valence-electron chi connectivity index (χ4n) is 4.84. The fourth-order valence-corrected chi connectivity index (χ4v) is 5.87.